The van der Waals surface area contributed by atoms with E-state index in [4.69, 9.17) is 9.47 Å². The lowest BCUT2D eigenvalue weighted by molar-refractivity contribution is -0.145. The molecule has 0 aromatic heterocycles. The zero-order chi connectivity index (χ0) is 24.3. The SMILES string of the molecule is O=C(CCC(=O)OCCCc1ccccc1)NNC(=O)COc1ccc2cc(Br)ccc2c1Br. The minimum absolute atomic E-state index is 0.0658. The lowest BCUT2D eigenvalue weighted by Crippen LogP contribution is -2.43. The Bertz CT molecular complexity index is 1150. The van der Waals surface area contributed by atoms with Gasteiger partial charge in [-0.3, -0.25) is 25.2 Å². The van der Waals surface area contributed by atoms with Gasteiger partial charge in [-0.25, -0.2) is 0 Å². The van der Waals surface area contributed by atoms with Crippen LogP contribution in [0.1, 0.15) is 24.8 Å². The summed E-state index contributed by atoms with van der Waals surface area (Å²) in [6.07, 6.45) is 1.37. The number of nitrogens with one attached hydrogen (secondary N) is 2. The quantitative estimate of drug-likeness (QED) is 0.200. The van der Waals surface area contributed by atoms with Crippen LogP contribution in [0.25, 0.3) is 10.8 Å². The van der Waals surface area contributed by atoms with Gasteiger partial charge in [-0.15, -0.1) is 0 Å². The van der Waals surface area contributed by atoms with Gasteiger partial charge in [0.25, 0.3) is 5.91 Å². The fourth-order valence-electron chi connectivity index (χ4n) is 3.13. The molecule has 34 heavy (non-hydrogen) atoms. The third kappa shape index (κ3) is 8.14. The minimum atomic E-state index is -0.528. The molecule has 0 radical (unpaired) electrons. The molecule has 0 aliphatic carbocycles. The highest BCUT2D eigenvalue weighted by Crippen LogP contribution is 2.34. The monoisotopic (exact) mass is 590 g/mol. The van der Waals surface area contributed by atoms with Crippen LogP contribution >= 0.6 is 31.9 Å². The molecule has 2 amide bonds. The van der Waals surface area contributed by atoms with Crippen molar-refractivity contribution in [3.63, 3.8) is 0 Å². The summed E-state index contributed by atoms with van der Waals surface area (Å²) >= 11 is 6.94. The topological polar surface area (TPSA) is 93.7 Å². The molecule has 0 aliphatic heterocycles. The fraction of sp³-hybridized carbons (Fsp3) is 0.240. The molecule has 0 unspecified atom stereocenters. The van der Waals surface area contributed by atoms with E-state index >= 15 is 0 Å². The zero-order valence-electron chi connectivity index (χ0n) is 18.3. The van der Waals surface area contributed by atoms with Crippen molar-refractivity contribution in [1.82, 2.24) is 10.9 Å². The number of amides is 2. The van der Waals surface area contributed by atoms with E-state index in [2.05, 4.69) is 42.7 Å². The maximum Gasteiger partial charge on any atom is 0.306 e. The molecule has 0 heterocycles. The average Bonchev–Trinajstić information content (AvgIpc) is 2.84. The van der Waals surface area contributed by atoms with Gasteiger partial charge in [0.15, 0.2) is 6.61 Å². The number of hydrogen-bond acceptors (Lipinski definition) is 5. The molecule has 7 nitrogen and oxygen atoms in total. The summed E-state index contributed by atoms with van der Waals surface area (Å²) in [5.41, 5.74) is 5.72. The number of benzene rings is 3. The summed E-state index contributed by atoms with van der Waals surface area (Å²) in [4.78, 5) is 35.7. The Labute approximate surface area is 214 Å². The van der Waals surface area contributed by atoms with Crippen LogP contribution in [-0.2, 0) is 25.5 Å². The van der Waals surface area contributed by atoms with Crippen LogP contribution in [-0.4, -0.2) is 31.0 Å². The van der Waals surface area contributed by atoms with Crippen LogP contribution in [0.5, 0.6) is 5.75 Å². The third-order valence-corrected chi connectivity index (χ3v) is 6.16. The van der Waals surface area contributed by atoms with Gasteiger partial charge in [-0.05, 0) is 63.3 Å². The molecule has 2 N–H and O–H groups in total. The number of esters is 1. The minimum Gasteiger partial charge on any atom is -0.483 e. The normalized spacial score (nSPS) is 10.5. The number of hydrogen-bond donors (Lipinski definition) is 2. The molecule has 0 bridgehead atoms. The Morgan fingerprint density at radius 2 is 1.62 bits per heavy atom. The highest BCUT2D eigenvalue weighted by atomic mass is 79.9. The van der Waals surface area contributed by atoms with Crippen LogP contribution in [0.2, 0.25) is 0 Å². The molecule has 0 aliphatic rings. The second-order valence-corrected chi connectivity index (χ2v) is 9.15. The molecular weight excluding hydrogens is 568 g/mol. The molecule has 178 valence electrons. The molecule has 9 heteroatoms. The third-order valence-electron chi connectivity index (χ3n) is 4.85. The summed E-state index contributed by atoms with van der Waals surface area (Å²) in [6.45, 7) is 0.00932. The van der Waals surface area contributed by atoms with E-state index in [1.807, 2.05) is 54.6 Å². The van der Waals surface area contributed by atoms with Crippen LogP contribution < -0.4 is 15.6 Å². The number of hydrazine groups is 1. The van der Waals surface area contributed by atoms with E-state index in [1.165, 1.54) is 5.56 Å². The molecule has 0 spiro atoms. The van der Waals surface area contributed by atoms with Gasteiger partial charge in [0.2, 0.25) is 5.91 Å². The van der Waals surface area contributed by atoms with Gasteiger partial charge >= 0.3 is 5.97 Å². The first kappa shape index (κ1) is 25.7. The lowest BCUT2D eigenvalue weighted by Gasteiger charge is -2.11. The molecule has 0 fully saturated rings. The maximum absolute atomic E-state index is 12.0. The molecule has 0 saturated carbocycles. The summed E-state index contributed by atoms with van der Waals surface area (Å²) in [5.74, 6) is -0.968. The van der Waals surface area contributed by atoms with Gasteiger partial charge in [-0.2, -0.15) is 0 Å². The summed E-state index contributed by atoms with van der Waals surface area (Å²) in [5, 5.41) is 1.96. The Morgan fingerprint density at radius 3 is 2.41 bits per heavy atom. The number of halogens is 2. The Balaban J connectivity index is 1.30. The van der Waals surface area contributed by atoms with Crippen molar-refractivity contribution >= 4 is 60.4 Å². The van der Waals surface area contributed by atoms with Gasteiger partial charge in [0.05, 0.1) is 17.5 Å². The van der Waals surface area contributed by atoms with E-state index in [0.717, 1.165) is 26.1 Å². The number of carbonyl (C=O) groups excluding carboxylic acids is 3. The number of fused-ring (bicyclic) bond motifs is 1. The van der Waals surface area contributed by atoms with Crippen LogP contribution in [0.3, 0.4) is 0 Å². The highest BCUT2D eigenvalue weighted by molar-refractivity contribution is 9.11. The maximum atomic E-state index is 12.0. The zero-order valence-corrected chi connectivity index (χ0v) is 21.5. The summed E-state index contributed by atoms with van der Waals surface area (Å²) in [7, 11) is 0. The van der Waals surface area contributed by atoms with Crippen LogP contribution in [0.4, 0.5) is 0 Å². The van der Waals surface area contributed by atoms with Crippen molar-refractivity contribution in [2.75, 3.05) is 13.2 Å². The first-order valence-electron chi connectivity index (χ1n) is 10.7. The van der Waals surface area contributed by atoms with Crippen molar-refractivity contribution < 1.29 is 23.9 Å². The van der Waals surface area contributed by atoms with Crippen molar-refractivity contribution in [3.05, 3.63) is 75.2 Å². The van der Waals surface area contributed by atoms with E-state index in [0.29, 0.717) is 18.8 Å². The molecule has 3 aromatic rings. The Hall–Kier alpha value is -2.91. The first-order chi connectivity index (χ1) is 16.4. The fourth-order valence-corrected chi connectivity index (χ4v) is 4.12. The standard InChI is InChI=1S/C25H24Br2N2O5/c26-19-9-10-20-18(15-19)8-11-21(25(20)27)34-16-23(31)29-28-22(30)12-13-24(32)33-14-4-7-17-5-2-1-3-6-17/h1-3,5-6,8-11,15H,4,7,12-14,16H2,(H,28,30)(H,29,31). The summed E-state index contributed by atoms with van der Waals surface area (Å²) in [6, 6.07) is 19.4. The van der Waals surface area contributed by atoms with Gasteiger partial charge in [0, 0.05) is 10.9 Å². The van der Waals surface area contributed by atoms with Crippen molar-refractivity contribution in [1.29, 1.82) is 0 Å². The predicted molar refractivity (Wildman–Crippen MR) is 136 cm³/mol. The van der Waals surface area contributed by atoms with Gasteiger partial charge < -0.3 is 9.47 Å². The molecular formula is C25H24Br2N2O5. The Morgan fingerprint density at radius 1 is 0.853 bits per heavy atom. The predicted octanol–water partition coefficient (Wildman–Crippen LogP) is 4.85. The van der Waals surface area contributed by atoms with Crippen molar-refractivity contribution in [3.8, 4) is 5.75 Å². The van der Waals surface area contributed by atoms with E-state index in [9.17, 15) is 14.4 Å². The Kier molecular flexibility index (Phi) is 9.90. The van der Waals surface area contributed by atoms with Crippen molar-refractivity contribution in [2.45, 2.75) is 25.7 Å². The van der Waals surface area contributed by atoms with E-state index < -0.39 is 17.8 Å². The van der Waals surface area contributed by atoms with Crippen LogP contribution in [0, 0.1) is 0 Å². The molecule has 0 atom stereocenters. The van der Waals surface area contributed by atoms with E-state index in [-0.39, 0.29) is 19.4 Å². The van der Waals surface area contributed by atoms with E-state index in [1.54, 1.807) is 6.07 Å². The van der Waals surface area contributed by atoms with Gasteiger partial charge in [-0.1, -0.05) is 58.4 Å². The lowest BCUT2D eigenvalue weighted by atomic mass is 10.1. The number of rotatable bonds is 10. The highest BCUT2D eigenvalue weighted by Gasteiger charge is 2.11. The second kappa shape index (κ2) is 13.1. The van der Waals surface area contributed by atoms with Crippen LogP contribution in [0.15, 0.2) is 69.6 Å². The average molecular weight is 592 g/mol. The number of ether oxygens (including phenoxy) is 2. The smallest absolute Gasteiger partial charge is 0.306 e. The van der Waals surface area contributed by atoms with Crippen molar-refractivity contribution in [2.24, 2.45) is 0 Å². The first-order valence-corrected chi connectivity index (χ1v) is 12.3. The van der Waals surface area contributed by atoms with Gasteiger partial charge in [0.1, 0.15) is 5.75 Å². The number of aryl methyl sites for hydroxylation is 1. The molecule has 3 rings (SSSR count). The molecule has 0 saturated heterocycles. The largest absolute Gasteiger partial charge is 0.483 e. The number of carbonyl (C=O) groups is 3. The summed E-state index contributed by atoms with van der Waals surface area (Å²) < 4.78 is 12.4. The second-order valence-electron chi connectivity index (χ2n) is 7.44. The molecule has 3 aromatic carbocycles.